The number of carbonyl (C=O) groups is 1. The van der Waals surface area contributed by atoms with Crippen molar-refractivity contribution in [1.29, 1.82) is 0 Å². The average Bonchev–Trinajstić information content (AvgIpc) is 3.03. The highest BCUT2D eigenvalue weighted by molar-refractivity contribution is 5.93. The fourth-order valence-corrected chi connectivity index (χ4v) is 3.89. The first-order valence-electron chi connectivity index (χ1n) is 9.96. The summed E-state index contributed by atoms with van der Waals surface area (Å²) >= 11 is 0. The fourth-order valence-electron chi connectivity index (χ4n) is 3.89. The van der Waals surface area contributed by atoms with Crippen molar-refractivity contribution in [1.82, 2.24) is 25.6 Å². The maximum absolute atomic E-state index is 13.0. The van der Waals surface area contributed by atoms with Gasteiger partial charge >= 0.3 is 0 Å². The second-order valence-corrected chi connectivity index (χ2v) is 7.96. The van der Waals surface area contributed by atoms with E-state index in [-0.39, 0.29) is 11.9 Å². The minimum atomic E-state index is -0.137. The van der Waals surface area contributed by atoms with Crippen molar-refractivity contribution >= 4 is 5.91 Å². The van der Waals surface area contributed by atoms with Crippen LogP contribution in [0, 0.1) is 19.8 Å². The van der Waals surface area contributed by atoms with Gasteiger partial charge in [0.25, 0.3) is 5.91 Å². The van der Waals surface area contributed by atoms with Crippen molar-refractivity contribution in [3.05, 3.63) is 46.8 Å². The number of aryl methyl sites for hydroxylation is 1. The molecule has 146 valence electrons. The molecule has 3 rings (SSSR count). The zero-order valence-electron chi connectivity index (χ0n) is 16.8. The van der Waals surface area contributed by atoms with Gasteiger partial charge in [-0.05, 0) is 63.2 Å². The second kappa shape index (κ2) is 8.65. The molecule has 6 heteroatoms. The maximum atomic E-state index is 13.0. The van der Waals surface area contributed by atoms with Gasteiger partial charge < -0.3 is 10.6 Å². The van der Waals surface area contributed by atoms with E-state index in [4.69, 9.17) is 0 Å². The van der Waals surface area contributed by atoms with Crippen molar-refractivity contribution in [2.45, 2.75) is 59.0 Å². The van der Waals surface area contributed by atoms with E-state index in [2.05, 4.69) is 53.8 Å². The molecule has 1 aliphatic rings. The lowest BCUT2D eigenvalue weighted by atomic mass is 9.93. The zero-order valence-corrected chi connectivity index (χ0v) is 16.8. The Kier molecular flexibility index (Phi) is 6.26. The molecule has 1 unspecified atom stereocenters. The number of hydrogen-bond acceptors (Lipinski definition) is 4. The first-order valence-corrected chi connectivity index (χ1v) is 9.96. The first kappa shape index (κ1) is 19.5. The van der Waals surface area contributed by atoms with Crippen LogP contribution in [0.2, 0.25) is 0 Å². The molecule has 1 atom stereocenters. The van der Waals surface area contributed by atoms with Crippen LogP contribution in [-0.4, -0.2) is 34.0 Å². The van der Waals surface area contributed by atoms with Crippen LogP contribution in [0.1, 0.15) is 72.5 Å². The Hall–Kier alpha value is -2.21. The number of nitrogens with one attached hydrogen (secondary N) is 2. The van der Waals surface area contributed by atoms with Crippen LogP contribution in [0.15, 0.2) is 24.3 Å². The molecule has 0 spiro atoms. The van der Waals surface area contributed by atoms with Gasteiger partial charge in [0.2, 0.25) is 0 Å². The van der Waals surface area contributed by atoms with Gasteiger partial charge in [0.05, 0.1) is 17.8 Å². The smallest absolute Gasteiger partial charge is 0.274 e. The van der Waals surface area contributed by atoms with Crippen LogP contribution >= 0.6 is 0 Å². The third-order valence-corrected chi connectivity index (χ3v) is 5.37. The van der Waals surface area contributed by atoms with Crippen LogP contribution in [0.3, 0.4) is 0 Å². The van der Waals surface area contributed by atoms with Gasteiger partial charge in [0.15, 0.2) is 5.69 Å². The Balaban J connectivity index is 1.80. The maximum Gasteiger partial charge on any atom is 0.274 e. The number of nitrogens with zero attached hydrogens (tertiary/aromatic N) is 3. The molecule has 1 amide bonds. The van der Waals surface area contributed by atoms with Gasteiger partial charge in [-0.25, -0.2) is 4.68 Å². The van der Waals surface area contributed by atoms with Gasteiger partial charge in [-0.3, -0.25) is 4.79 Å². The third kappa shape index (κ3) is 4.56. The lowest BCUT2D eigenvalue weighted by Crippen LogP contribution is -2.31. The number of rotatable bonds is 6. The molecule has 1 aromatic carbocycles. The van der Waals surface area contributed by atoms with Crippen molar-refractivity contribution in [3.8, 4) is 0 Å². The number of carbonyl (C=O) groups excluding carboxylic acids is 1. The van der Waals surface area contributed by atoms with E-state index in [1.165, 1.54) is 11.1 Å². The molecule has 0 radical (unpaired) electrons. The average molecular weight is 370 g/mol. The summed E-state index contributed by atoms with van der Waals surface area (Å²) in [6, 6.07) is 8.54. The van der Waals surface area contributed by atoms with Gasteiger partial charge in [-0.1, -0.05) is 43.3 Å². The highest BCUT2D eigenvalue weighted by Gasteiger charge is 2.25. The van der Waals surface area contributed by atoms with Crippen LogP contribution in [0.5, 0.6) is 0 Å². The molecule has 1 aliphatic heterocycles. The Labute approximate surface area is 161 Å². The number of hydrogen-bond donors (Lipinski definition) is 2. The molecule has 0 aliphatic carbocycles. The summed E-state index contributed by atoms with van der Waals surface area (Å²) in [6.07, 6.45) is 2.92. The SMILES string of the molecule is Cc1ccccc1C(CC(C)C)NC(=O)c1nnn(C2CCNCC2)c1C. The quantitative estimate of drug-likeness (QED) is 0.819. The van der Waals surface area contributed by atoms with Gasteiger partial charge in [-0.15, -0.1) is 5.10 Å². The zero-order chi connectivity index (χ0) is 19.4. The lowest BCUT2D eigenvalue weighted by Gasteiger charge is -2.24. The van der Waals surface area contributed by atoms with Crippen LogP contribution < -0.4 is 10.6 Å². The molecule has 27 heavy (non-hydrogen) atoms. The number of aromatic nitrogens is 3. The molecule has 2 aromatic rings. The Bertz CT molecular complexity index is 777. The van der Waals surface area contributed by atoms with Gasteiger partial charge in [0, 0.05) is 0 Å². The molecule has 2 N–H and O–H groups in total. The van der Waals surface area contributed by atoms with E-state index in [1.807, 2.05) is 23.7 Å². The Morgan fingerprint density at radius 2 is 1.96 bits per heavy atom. The van der Waals surface area contributed by atoms with E-state index < -0.39 is 0 Å². The summed E-state index contributed by atoms with van der Waals surface area (Å²) < 4.78 is 1.93. The predicted molar refractivity (Wildman–Crippen MR) is 107 cm³/mol. The minimum Gasteiger partial charge on any atom is -0.344 e. The largest absolute Gasteiger partial charge is 0.344 e. The summed E-state index contributed by atoms with van der Waals surface area (Å²) in [6.45, 7) is 10.4. The van der Waals surface area contributed by atoms with Gasteiger partial charge in [-0.2, -0.15) is 0 Å². The summed E-state index contributed by atoms with van der Waals surface area (Å²) in [5.41, 5.74) is 3.66. The molecule has 0 bridgehead atoms. The minimum absolute atomic E-state index is 0.0258. The van der Waals surface area contributed by atoms with Crippen molar-refractivity contribution in [3.63, 3.8) is 0 Å². The highest BCUT2D eigenvalue weighted by atomic mass is 16.2. The van der Waals surface area contributed by atoms with Crippen molar-refractivity contribution in [2.24, 2.45) is 5.92 Å². The van der Waals surface area contributed by atoms with Crippen LogP contribution in [0.25, 0.3) is 0 Å². The predicted octanol–water partition coefficient (Wildman–Crippen LogP) is 3.34. The highest BCUT2D eigenvalue weighted by Crippen LogP contribution is 2.25. The second-order valence-electron chi connectivity index (χ2n) is 7.96. The molecule has 6 nitrogen and oxygen atoms in total. The molecule has 0 saturated carbocycles. The van der Waals surface area contributed by atoms with Gasteiger partial charge in [0.1, 0.15) is 0 Å². The monoisotopic (exact) mass is 369 g/mol. The standard InChI is InChI=1S/C21H31N5O/c1-14(2)13-19(18-8-6-5-7-15(18)3)23-21(27)20-16(4)26(25-24-20)17-9-11-22-12-10-17/h5-8,14,17,19,22H,9-13H2,1-4H3,(H,23,27). The first-order chi connectivity index (χ1) is 13.0. The van der Waals surface area contributed by atoms with E-state index >= 15 is 0 Å². The van der Waals surface area contributed by atoms with E-state index in [1.54, 1.807) is 0 Å². The molecule has 2 heterocycles. The van der Waals surface area contributed by atoms with Crippen LogP contribution in [-0.2, 0) is 0 Å². The molecular weight excluding hydrogens is 338 g/mol. The third-order valence-electron chi connectivity index (χ3n) is 5.37. The number of benzene rings is 1. The Morgan fingerprint density at radius 3 is 2.63 bits per heavy atom. The Morgan fingerprint density at radius 1 is 1.26 bits per heavy atom. The van der Waals surface area contributed by atoms with E-state index in [9.17, 15) is 4.79 Å². The summed E-state index contributed by atoms with van der Waals surface area (Å²) in [5, 5.41) is 15.1. The lowest BCUT2D eigenvalue weighted by molar-refractivity contribution is 0.0926. The molecular formula is C21H31N5O. The normalized spacial score (nSPS) is 16.5. The molecule has 1 aromatic heterocycles. The van der Waals surface area contributed by atoms with E-state index in [0.29, 0.717) is 17.7 Å². The topological polar surface area (TPSA) is 71.8 Å². The van der Waals surface area contributed by atoms with E-state index in [0.717, 1.165) is 38.0 Å². The number of piperidine rings is 1. The fraction of sp³-hybridized carbons (Fsp3) is 0.571. The molecule has 1 fully saturated rings. The van der Waals surface area contributed by atoms with Crippen molar-refractivity contribution in [2.75, 3.05) is 13.1 Å². The molecule has 1 saturated heterocycles. The van der Waals surface area contributed by atoms with Crippen molar-refractivity contribution < 1.29 is 4.79 Å². The van der Waals surface area contributed by atoms with Crippen LogP contribution in [0.4, 0.5) is 0 Å². The number of amides is 1. The summed E-state index contributed by atoms with van der Waals surface area (Å²) in [5.74, 6) is 0.336. The summed E-state index contributed by atoms with van der Waals surface area (Å²) in [4.78, 5) is 13.0. The summed E-state index contributed by atoms with van der Waals surface area (Å²) in [7, 11) is 0.